The van der Waals surface area contributed by atoms with Crippen LogP contribution in [0.4, 0.5) is 4.39 Å². The van der Waals surface area contributed by atoms with E-state index in [-0.39, 0.29) is 11.9 Å². The molecule has 0 radical (unpaired) electrons. The lowest BCUT2D eigenvalue weighted by Gasteiger charge is -2.13. The van der Waals surface area contributed by atoms with E-state index >= 15 is 0 Å². The summed E-state index contributed by atoms with van der Waals surface area (Å²) in [7, 11) is 0. The first-order valence-electron chi connectivity index (χ1n) is 6.99. The third-order valence-electron chi connectivity index (χ3n) is 3.58. The number of halogens is 1. The monoisotopic (exact) mass is 280 g/mol. The molecule has 0 aliphatic rings. The molecule has 0 fully saturated rings. The SMILES string of the molecule is Cc1cc(F)cc(C(N)Cc2ccc3ccccc3n2)c1. The van der Waals surface area contributed by atoms with Crippen LogP contribution in [0.3, 0.4) is 0 Å². The fourth-order valence-electron chi connectivity index (χ4n) is 2.54. The number of aryl methyl sites for hydroxylation is 1. The summed E-state index contributed by atoms with van der Waals surface area (Å²) in [5, 5.41) is 1.11. The molecule has 21 heavy (non-hydrogen) atoms. The van der Waals surface area contributed by atoms with Gasteiger partial charge in [-0.15, -0.1) is 0 Å². The Hall–Kier alpha value is -2.26. The zero-order chi connectivity index (χ0) is 14.8. The normalized spacial score (nSPS) is 12.5. The van der Waals surface area contributed by atoms with E-state index in [1.807, 2.05) is 49.4 Å². The molecule has 3 aromatic rings. The van der Waals surface area contributed by atoms with Crippen LogP contribution in [0.25, 0.3) is 10.9 Å². The van der Waals surface area contributed by atoms with E-state index in [2.05, 4.69) is 4.98 Å². The maximum atomic E-state index is 13.5. The van der Waals surface area contributed by atoms with Gasteiger partial charge in [-0.1, -0.05) is 30.3 Å². The van der Waals surface area contributed by atoms with E-state index in [1.54, 1.807) is 0 Å². The van der Waals surface area contributed by atoms with Crippen LogP contribution in [-0.2, 0) is 6.42 Å². The van der Waals surface area contributed by atoms with Gasteiger partial charge in [0.15, 0.2) is 0 Å². The van der Waals surface area contributed by atoms with Crippen LogP contribution in [-0.4, -0.2) is 4.98 Å². The predicted molar refractivity (Wildman–Crippen MR) is 83.5 cm³/mol. The molecule has 106 valence electrons. The summed E-state index contributed by atoms with van der Waals surface area (Å²) in [6, 6.07) is 16.7. The van der Waals surface area contributed by atoms with Gasteiger partial charge in [0.05, 0.1) is 5.52 Å². The molecule has 1 heterocycles. The van der Waals surface area contributed by atoms with Crippen LogP contribution in [0.15, 0.2) is 54.6 Å². The van der Waals surface area contributed by atoms with Gasteiger partial charge in [-0.2, -0.15) is 0 Å². The molecule has 1 unspecified atom stereocenters. The minimum atomic E-state index is -0.256. The molecule has 2 N–H and O–H groups in total. The highest BCUT2D eigenvalue weighted by atomic mass is 19.1. The maximum Gasteiger partial charge on any atom is 0.123 e. The topological polar surface area (TPSA) is 38.9 Å². The van der Waals surface area contributed by atoms with E-state index < -0.39 is 0 Å². The summed E-state index contributed by atoms with van der Waals surface area (Å²) in [6.45, 7) is 1.87. The van der Waals surface area contributed by atoms with Crippen LogP contribution in [0.1, 0.15) is 22.9 Å². The number of hydrogen-bond acceptors (Lipinski definition) is 2. The standard InChI is InChI=1S/C18H17FN2/c1-12-8-14(10-15(19)9-12)17(20)11-16-7-6-13-4-2-3-5-18(13)21-16/h2-10,17H,11,20H2,1H3. The highest BCUT2D eigenvalue weighted by Gasteiger charge is 2.10. The van der Waals surface area contributed by atoms with Crippen LogP contribution in [0, 0.1) is 12.7 Å². The van der Waals surface area contributed by atoms with Crippen molar-refractivity contribution in [2.75, 3.05) is 0 Å². The zero-order valence-corrected chi connectivity index (χ0v) is 11.9. The van der Waals surface area contributed by atoms with Gasteiger partial charge in [0.1, 0.15) is 5.82 Å². The summed E-state index contributed by atoms with van der Waals surface area (Å²) in [5.41, 5.74) is 9.77. The van der Waals surface area contributed by atoms with Gasteiger partial charge in [-0.25, -0.2) is 4.39 Å². The van der Waals surface area contributed by atoms with Crippen molar-refractivity contribution in [3.05, 3.63) is 77.2 Å². The van der Waals surface area contributed by atoms with Crippen molar-refractivity contribution in [3.8, 4) is 0 Å². The molecule has 0 aliphatic heterocycles. The van der Waals surface area contributed by atoms with Crippen molar-refractivity contribution < 1.29 is 4.39 Å². The Kier molecular flexibility index (Phi) is 3.67. The van der Waals surface area contributed by atoms with Gasteiger partial charge < -0.3 is 5.73 Å². The lowest BCUT2D eigenvalue weighted by Crippen LogP contribution is -2.14. The smallest absolute Gasteiger partial charge is 0.123 e. The van der Waals surface area contributed by atoms with E-state index in [0.29, 0.717) is 6.42 Å². The summed E-state index contributed by atoms with van der Waals surface area (Å²) in [4.78, 5) is 4.61. The lowest BCUT2D eigenvalue weighted by molar-refractivity contribution is 0.616. The summed E-state index contributed by atoms with van der Waals surface area (Å²) in [5.74, 6) is -0.244. The molecule has 3 heteroatoms. The first-order chi connectivity index (χ1) is 10.1. The number of benzene rings is 2. The van der Waals surface area contributed by atoms with Gasteiger partial charge in [-0.3, -0.25) is 4.98 Å². The van der Waals surface area contributed by atoms with Gasteiger partial charge in [-0.05, 0) is 42.3 Å². The number of fused-ring (bicyclic) bond motifs is 1. The number of aromatic nitrogens is 1. The number of rotatable bonds is 3. The molecule has 1 aromatic heterocycles. The molecule has 0 amide bonds. The molecule has 0 saturated carbocycles. The molecule has 3 rings (SSSR count). The maximum absolute atomic E-state index is 13.5. The van der Waals surface area contributed by atoms with E-state index in [0.717, 1.165) is 27.7 Å². The highest BCUT2D eigenvalue weighted by molar-refractivity contribution is 5.78. The zero-order valence-electron chi connectivity index (χ0n) is 11.9. The summed E-state index contributed by atoms with van der Waals surface area (Å²) in [6.07, 6.45) is 0.591. The fourth-order valence-corrected chi connectivity index (χ4v) is 2.54. The second kappa shape index (κ2) is 5.62. The third kappa shape index (κ3) is 3.09. The Bertz CT molecular complexity index is 763. The van der Waals surface area contributed by atoms with Crippen molar-refractivity contribution >= 4 is 10.9 Å². The third-order valence-corrected chi connectivity index (χ3v) is 3.58. The minimum absolute atomic E-state index is 0.244. The largest absolute Gasteiger partial charge is 0.324 e. The van der Waals surface area contributed by atoms with Crippen molar-refractivity contribution in [3.63, 3.8) is 0 Å². The van der Waals surface area contributed by atoms with E-state index in [9.17, 15) is 4.39 Å². The Morgan fingerprint density at radius 1 is 1.10 bits per heavy atom. The number of nitrogens with two attached hydrogens (primary N) is 1. The quantitative estimate of drug-likeness (QED) is 0.789. The van der Waals surface area contributed by atoms with Crippen LogP contribution in [0.2, 0.25) is 0 Å². The summed E-state index contributed by atoms with van der Waals surface area (Å²) < 4.78 is 13.5. The van der Waals surface area contributed by atoms with E-state index in [4.69, 9.17) is 5.73 Å². The van der Waals surface area contributed by atoms with E-state index in [1.165, 1.54) is 12.1 Å². The Morgan fingerprint density at radius 3 is 2.71 bits per heavy atom. The van der Waals surface area contributed by atoms with Gasteiger partial charge in [0.25, 0.3) is 0 Å². The Labute approximate surface area is 123 Å². The molecule has 0 saturated heterocycles. The number of hydrogen-bond donors (Lipinski definition) is 1. The first kappa shape index (κ1) is 13.7. The van der Waals surface area contributed by atoms with Crippen molar-refractivity contribution in [2.45, 2.75) is 19.4 Å². The highest BCUT2D eigenvalue weighted by Crippen LogP contribution is 2.19. The van der Waals surface area contributed by atoms with Gasteiger partial charge >= 0.3 is 0 Å². The molecule has 0 spiro atoms. The summed E-state index contributed by atoms with van der Waals surface area (Å²) >= 11 is 0. The predicted octanol–water partition coefficient (Wildman–Crippen LogP) is 3.92. The molecule has 0 bridgehead atoms. The molecular formula is C18H17FN2. The second-order valence-corrected chi connectivity index (χ2v) is 5.37. The molecule has 2 aromatic carbocycles. The lowest BCUT2D eigenvalue weighted by atomic mass is 10.00. The second-order valence-electron chi connectivity index (χ2n) is 5.37. The average molecular weight is 280 g/mol. The van der Waals surface area contributed by atoms with Gasteiger partial charge in [0, 0.05) is 23.5 Å². The molecular weight excluding hydrogens is 263 g/mol. The molecule has 0 aliphatic carbocycles. The van der Waals surface area contributed by atoms with Crippen molar-refractivity contribution in [2.24, 2.45) is 5.73 Å². The molecule has 2 nitrogen and oxygen atoms in total. The van der Waals surface area contributed by atoms with Crippen LogP contribution >= 0.6 is 0 Å². The number of pyridine rings is 1. The molecule has 1 atom stereocenters. The van der Waals surface area contributed by atoms with Crippen LogP contribution < -0.4 is 5.73 Å². The van der Waals surface area contributed by atoms with Crippen molar-refractivity contribution in [1.82, 2.24) is 4.98 Å². The number of nitrogens with zero attached hydrogens (tertiary/aromatic N) is 1. The van der Waals surface area contributed by atoms with Crippen molar-refractivity contribution in [1.29, 1.82) is 0 Å². The number of para-hydroxylation sites is 1. The van der Waals surface area contributed by atoms with Gasteiger partial charge in [0.2, 0.25) is 0 Å². The average Bonchev–Trinajstić information content (AvgIpc) is 2.46. The Morgan fingerprint density at radius 2 is 1.90 bits per heavy atom. The first-order valence-corrected chi connectivity index (χ1v) is 6.99. The van der Waals surface area contributed by atoms with Crippen LogP contribution in [0.5, 0.6) is 0 Å². The minimum Gasteiger partial charge on any atom is -0.324 e. The Balaban J connectivity index is 1.86. The fraction of sp³-hybridized carbons (Fsp3) is 0.167.